The maximum absolute atomic E-state index is 10.9. The van der Waals surface area contributed by atoms with E-state index in [1.54, 1.807) is 12.1 Å². The molecule has 1 aromatic rings. The highest BCUT2D eigenvalue weighted by atomic mass is 16.6. The third-order valence-corrected chi connectivity index (χ3v) is 2.44. The van der Waals surface area contributed by atoms with E-state index in [-0.39, 0.29) is 12.3 Å². The fourth-order valence-electron chi connectivity index (χ4n) is 1.44. The first-order valence-corrected chi connectivity index (χ1v) is 5.70. The van der Waals surface area contributed by atoms with E-state index in [2.05, 4.69) is 0 Å². The summed E-state index contributed by atoms with van der Waals surface area (Å²) in [6, 6.07) is 5.01. The van der Waals surface area contributed by atoms with Crippen molar-refractivity contribution in [1.82, 2.24) is 0 Å². The van der Waals surface area contributed by atoms with Gasteiger partial charge in [0.05, 0.1) is 11.5 Å². The van der Waals surface area contributed by atoms with Crippen LogP contribution in [0.2, 0.25) is 0 Å². The Hall–Kier alpha value is -1.62. The molecule has 1 aromatic carbocycles. The number of benzene rings is 1. The van der Waals surface area contributed by atoms with Crippen molar-refractivity contribution in [2.45, 2.75) is 26.2 Å². The van der Waals surface area contributed by atoms with Gasteiger partial charge in [0.25, 0.3) is 0 Å². The summed E-state index contributed by atoms with van der Waals surface area (Å²) < 4.78 is 5.35. The molecule has 0 aliphatic rings. The van der Waals surface area contributed by atoms with Crippen LogP contribution in [0.25, 0.3) is 0 Å². The molecule has 0 bridgehead atoms. The summed E-state index contributed by atoms with van der Waals surface area (Å²) in [5.74, 6) is 0.296. The Kier molecular flexibility index (Phi) is 5.42. The van der Waals surface area contributed by atoms with Gasteiger partial charge < -0.3 is 9.84 Å². The van der Waals surface area contributed by atoms with Crippen molar-refractivity contribution >= 4 is 5.69 Å². The molecule has 5 heteroatoms. The smallest absolute Gasteiger partial charge is 0.311 e. The van der Waals surface area contributed by atoms with Crippen LogP contribution in [0.1, 0.15) is 25.3 Å². The number of rotatable bonds is 7. The second kappa shape index (κ2) is 6.85. The van der Waals surface area contributed by atoms with Gasteiger partial charge in [0.2, 0.25) is 0 Å². The summed E-state index contributed by atoms with van der Waals surface area (Å²) in [5, 5.41) is 19.5. The highest BCUT2D eigenvalue weighted by Crippen LogP contribution is 2.28. The fourth-order valence-corrected chi connectivity index (χ4v) is 1.44. The van der Waals surface area contributed by atoms with Crippen LogP contribution in [0.5, 0.6) is 5.75 Å². The molecule has 0 amide bonds. The molecule has 0 saturated carbocycles. The molecule has 5 nitrogen and oxygen atoms in total. The van der Waals surface area contributed by atoms with Crippen molar-refractivity contribution in [2.24, 2.45) is 0 Å². The molecule has 0 fully saturated rings. The normalized spacial score (nSPS) is 10.2. The Morgan fingerprint density at radius 3 is 2.76 bits per heavy atom. The van der Waals surface area contributed by atoms with Crippen LogP contribution in [-0.2, 0) is 6.42 Å². The lowest BCUT2D eigenvalue weighted by Gasteiger charge is -2.07. The van der Waals surface area contributed by atoms with Crippen molar-refractivity contribution in [3.8, 4) is 5.75 Å². The molecule has 0 radical (unpaired) electrons. The molecule has 94 valence electrons. The first kappa shape index (κ1) is 13.4. The van der Waals surface area contributed by atoms with E-state index in [0.29, 0.717) is 25.2 Å². The van der Waals surface area contributed by atoms with Crippen molar-refractivity contribution in [3.63, 3.8) is 0 Å². The number of hydrogen-bond donors (Lipinski definition) is 1. The highest BCUT2D eigenvalue weighted by molar-refractivity contribution is 5.48. The molecule has 0 saturated heterocycles. The first-order valence-electron chi connectivity index (χ1n) is 5.70. The molecule has 0 aliphatic carbocycles. The number of ether oxygens (including phenoxy) is 1. The standard InChI is InChI=1S/C12H17NO4/c1-2-10-5-6-12(11(9-10)13(15)16)17-8-4-3-7-14/h5-6,9,14H,2-4,7-8H2,1H3. The second-order valence-corrected chi connectivity index (χ2v) is 3.69. The van der Waals surface area contributed by atoms with Crippen molar-refractivity contribution < 1.29 is 14.8 Å². The highest BCUT2D eigenvalue weighted by Gasteiger charge is 2.15. The van der Waals surface area contributed by atoms with E-state index >= 15 is 0 Å². The quantitative estimate of drug-likeness (QED) is 0.450. The molecule has 1 rings (SSSR count). The number of unbranched alkanes of at least 4 members (excludes halogenated alkanes) is 1. The van der Waals surface area contributed by atoms with Gasteiger partial charge >= 0.3 is 5.69 Å². The molecule has 1 N–H and O–H groups in total. The minimum atomic E-state index is -0.430. The average Bonchev–Trinajstić information content (AvgIpc) is 2.34. The Morgan fingerprint density at radius 2 is 2.18 bits per heavy atom. The van der Waals surface area contributed by atoms with Gasteiger partial charge in [0.15, 0.2) is 5.75 Å². The third kappa shape index (κ3) is 4.03. The summed E-state index contributed by atoms with van der Waals surface area (Å²) in [4.78, 5) is 10.4. The van der Waals surface area contributed by atoms with Crippen molar-refractivity contribution in [2.75, 3.05) is 13.2 Å². The molecule has 0 aliphatic heterocycles. The van der Waals surface area contributed by atoms with Crippen LogP contribution in [0.3, 0.4) is 0 Å². The maximum Gasteiger partial charge on any atom is 0.311 e. The molecule has 0 heterocycles. The first-order chi connectivity index (χ1) is 8.19. The minimum absolute atomic E-state index is 0.00773. The van der Waals surface area contributed by atoms with Gasteiger partial charge in [0, 0.05) is 12.7 Å². The predicted octanol–water partition coefficient (Wildman–Crippen LogP) is 2.31. The summed E-state index contributed by atoms with van der Waals surface area (Å²) in [6.45, 7) is 2.44. The van der Waals surface area contributed by atoms with Gasteiger partial charge in [-0.05, 0) is 30.9 Å². The van der Waals surface area contributed by atoms with Crippen LogP contribution in [0, 0.1) is 10.1 Å². The Labute approximate surface area is 100 Å². The summed E-state index contributed by atoms with van der Waals surface area (Å²) in [5.41, 5.74) is 0.924. The topological polar surface area (TPSA) is 72.6 Å². The minimum Gasteiger partial charge on any atom is -0.487 e. The number of aryl methyl sites for hydroxylation is 1. The fraction of sp³-hybridized carbons (Fsp3) is 0.500. The molecular weight excluding hydrogens is 222 g/mol. The summed E-state index contributed by atoms with van der Waals surface area (Å²) >= 11 is 0. The monoisotopic (exact) mass is 239 g/mol. The molecular formula is C12H17NO4. The lowest BCUT2D eigenvalue weighted by molar-refractivity contribution is -0.385. The zero-order valence-corrected chi connectivity index (χ0v) is 9.89. The van der Waals surface area contributed by atoms with Crippen LogP contribution in [0.15, 0.2) is 18.2 Å². The average molecular weight is 239 g/mol. The van der Waals surface area contributed by atoms with Gasteiger partial charge in [-0.1, -0.05) is 13.0 Å². The van der Waals surface area contributed by atoms with E-state index in [1.165, 1.54) is 0 Å². The predicted molar refractivity (Wildman–Crippen MR) is 64.3 cm³/mol. The molecule has 17 heavy (non-hydrogen) atoms. The zero-order valence-electron chi connectivity index (χ0n) is 9.89. The van der Waals surface area contributed by atoms with Crippen molar-refractivity contribution in [3.05, 3.63) is 33.9 Å². The number of aliphatic hydroxyl groups is 1. The van der Waals surface area contributed by atoms with E-state index in [0.717, 1.165) is 12.0 Å². The second-order valence-electron chi connectivity index (χ2n) is 3.69. The van der Waals surface area contributed by atoms with E-state index in [1.807, 2.05) is 13.0 Å². The van der Waals surface area contributed by atoms with E-state index in [4.69, 9.17) is 9.84 Å². The van der Waals surface area contributed by atoms with Gasteiger partial charge in [-0.15, -0.1) is 0 Å². The van der Waals surface area contributed by atoms with Crippen molar-refractivity contribution in [1.29, 1.82) is 0 Å². The third-order valence-electron chi connectivity index (χ3n) is 2.44. The summed E-state index contributed by atoms with van der Waals surface area (Å²) in [7, 11) is 0. The lowest BCUT2D eigenvalue weighted by atomic mass is 10.1. The maximum atomic E-state index is 10.9. The molecule has 0 unspecified atom stereocenters. The van der Waals surface area contributed by atoms with Crippen LogP contribution >= 0.6 is 0 Å². The molecule has 0 aromatic heterocycles. The lowest BCUT2D eigenvalue weighted by Crippen LogP contribution is -2.02. The van der Waals surface area contributed by atoms with Gasteiger partial charge in [-0.2, -0.15) is 0 Å². The number of nitro benzene ring substituents is 1. The molecule has 0 spiro atoms. The Bertz CT molecular complexity index is 379. The largest absolute Gasteiger partial charge is 0.487 e. The zero-order chi connectivity index (χ0) is 12.7. The van der Waals surface area contributed by atoms with Gasteiger partial charge in [-0.25, -0.2) is 0 Å². The molecule has 0 atom stereocenters. The van der Waals surface area contributed by atoms with E-state index in [9.17, 15) is 10.1 Å². The van der Waals surface area contributed by atoms with Crippen LogP contribution in [-0.4, -0.2) is 23.2 Å². The van der Waals surface area contributed by atoms with Crippen LogP contribution < -0.4 is 4.74 Å². The van der Waals surface area contributed by atoms with E-state index < -0.39 is 4.92 Å². The number of hydrogen-bond acceptors (Lipinski definition) is 4. The number of nitrogens with zero attached hydrogens (tertiary/aromatic N) is 1. The van der Waals surface area contributed by atoms with Gasteiger partial charge in [0.1, 0.15) is 0 Å². The Morgan fingerprint density at radius 1 is 1.41 bits per heavy atom. The van der Waals surface area contributed by atoms with Crippen LogP contribution in [0.4, 0.5) is 5.69 Å². The Balaban J connectivity index is 2.73. The number of aliphatic hydroxyl groups excluding tert-OH is 1. The SMILES string of the molecule is CCc1ccc(OCCCCO)c([N+](=O)[O-])c1. The summed E-state index contributed by atoms with van der Waals surface area (Å²) in [6.07, 6.45) is 2.08. The van der Waals surface area contributed by atoms with Gasteiger partial charge in [-0.3, -0.25) is 10.1 Å². The number of nitro groups is 1.